The number of carbonyl (C=O) groups excluding carboxylic acids is 1. The van der Waals surface area contributed by atoms with Crippen LogP contribution in [0.5, 0.6) is 0 Å². The molecule has 2 saturated heterocycles. The number of hydrogen-bond donors (Lipinski definition) is 0. The number of piperidine rings is 1. The van der Waals surface area contributed by atoms with Crippen LogP contribution in [0.1, 0.15) is 45.8 Å². The normalized spacial score (nSPS) is 27.2. The molecule has 0 saturated carbocycles. The minimum Gasteiger partial charge on any atom is -0.425 e. The molecule has 0 unspecified atom stereocenters. The van der Waals surface area contributed by atoms with Crippen molar-refractivity contribution < 1.29 is 13.9 Å². The molecule has 1 amide bonds. The number of ether oxygens (including phenoxy) is 1. The van der Waals surface area contributed by atoms with Gasteiger partial charge in [0, 0.05) is 20.1 Å². The van der Waals surface area contributed by atoms with Gasteiger partial charge in [0.1, 0.15) is 0 Å². The van der Waals surface area contributed by atoms with Crippen molar-refractivity contribution >= 4 is 17.2 Å². The first-order valence-electron chi connectivity index (χ1n) is 7.90. The lowest BCUT2D eigenvalue weighted by atomic mass is 9.89. The van der Waals surface area contributed by atoms with Crippen LogP contribution in [-0.2, 0) is 4.74 Å². The van der Waals surface area contributed by atoms with Crippen LogP contribution in [0.2, 0.25) is 0 Å². The van der Waals surface area contributed by atoms with E-state index in [1.165, 1.54) is 11.3 Å². The van der Waals surface area contributed by atoms with Gasteiger partial charge >= 0.3 is 0 Å². The molecule has 122 valence electrons. The van der Waals surface area contributed by atoms with Gasteiger partial charge in [0.2, 0.25) is 11.8 Å². The minimum absolute atomic E-state index is 0.0415. The number of thiophene rings is 1. The highest BCUT2D eigenvalue weighted by Gasteiger charge is 2.44. The Balaban J connectivity index is 1.63. The fraction of sp³-hybridized carbons (Fsp3) is 0.562. The third kappa shape index (κ3) is 2.57. The summed E-state index contributed by atoms with van der Waals surface area (Å²) in [6.45, 7) is 5.09. The zero-order valence-corrected chi connectivity index (χ0v) is 14.0. The van der Waals surface area contributed by atoms with Crippen molar-refractivity contribution in [3.63, 3.8) is 0 Å². The molecule has 2 aliphatic heterocycles. The van der Waals surface area contributed by atoms with Crippen molar-refractivity contribution in [1.82, 2.24) is 15.1 Å². The molecule has 7 heteroatoms. The van der Waals surface area contributed by atoms with Gasteiger partial charge in [-0.05, 0) is 36.8 Å². The SMILES string of the molecule is Cc1nnc([C@H]2C[C@H]3OCC[C@H]3N(C(=O)c3sccc3C)C2)o1. The van der Waals surface area contributed by atoms with Crippen molar-refractivity contribution in [2.45, 2.75) is 44.8 Å². The molecule has 0 bridgehead atoms. The van der Waals surface area contributed by atoms with Crippen molar-refractivity contribution in [3.8, 4) is 0 Å². The number of aryl methyl sites for hydroxylation is 2. The highest BCUT2D eigenvalue weighted by atomic mass is 32.1. The second kappa shape index (κ2) is 5.72. The van der Waals surface area contributed by atoms with E-state index in [0.29, 0.717) is 24.9 Å². The van der Waals surface area contributed by atoms with E-state index in [1.54, 1.807) is 6.92 Å². The van der Waals surface area contributed by atoms with Crippen LogP contribution in [0.25, 0.3) is 0 Å². The van der Waals surface area contributed by atoms with Crippen molar-refractivity contribution in [2.75, 3.05) is 13.2 Å². The quantitative estimate of drug-likeness (QED) is 0.845. The summed E-state index contributed by atoms with van der Waals surface area (Å²) in [6, 6.07) is 2.15. The predicted molar refractivity (Wildman–Crippen MR) is 84.6 cm³/mol. The van der Waals surface area contributed by atoms with Crippen LogP contribution in [0.3, 0.4) is 0 Å². The number of fused-ring (bicyclic) bond motifs is 1. The smallest absolute Gasteiger partial charge is 0.264 e. The highest BCUT2D eigenvalue weighted by molar-refractivity contribution is 7.12. The molecule has 0 spiro atoms. The van der Waals surface area contributed by atoms with Gasteiger partial charge in [-0.15, -0.1) is 21.5 Å². The van der Waals surface area contributed by atoms with Crippen LogP contribution < -0.4 is 0 Å². The molecule has 2 aromatic heterocycles. The molecule has 2 aliphatic rings. The third-order valence-corrected chi connectivity index (χ3v) is 5.72. The Bertz CT molecular complexity index is 726. The van der Waals surface area contributed by atoms with Gasteiger partial charge < -0.3 is 14.1 Å². The molecule has 0 aromatic carbocycles. The molecular weight excluding hydrogens is 314 g/mol. The van der Waals surface area contributed by atoms with E-state index in [9.17, 15) is 4.79 Å². The number of amides is 1. The molecule has 2 aromatic rings. The van der Waals surface area contributed by atoms with Crippen molar-refractivity contribution in [3.05, 3.63) is 33.7 Å². The summed E-state index contributed by atoms with van der Waals surface area (Å²) >= 11 is 1.50. The standard InChI is InChI=1S/C16H19N3O3S/c1-9-4-6-23-14(9)16(20)19-8-11(15-18-17-10(2)22-15)7-13-12(19)3-5-21-13/h4,6,11-13H,3,5,7-8H2,1-2H3/t11-,12+,13+/m0/s1. The van der Waals surface area contributed by atoms with E-state index in [4.69, 9.17) is 9.15 Å². The van der Waals surface area contributed by atoms with Gasteiger partial charge in [-0.1, -0.05) is 0 Å². The zero-order chi connectivity index (χ0) is 16.0. The van der Waals surface area contributed by atoms with Crippen molar-refractivity contribution in [2.24, 2.45) is 0 Å². The lowest BCUT2D eigenvalue weighted by molar-refractivity contribution is 0.0132. The van der Waals surface area contributed by atoms with Crippen LogP contribution in [0.15, 0.2) is 15.9 Å². The van der Waals surface area contributed by atoms with Gasteiger partial charge in [-0.3, -0.25) is 4.79 Å². The van der Waals surface area contributed by atoms with Gasteiger partial charge in [0.25, 0.3) is 5.91 Å². The van der Waals surface area contributed by atoms with Crippen molar-refractivity contribution in [1.29, 1.82) is 0 Å². The Morgan fingerprint density at radius 2 is 2.26 bits per heavy atom. The summed E-state index contributed by atoms with van der Waals surface area (Å²) in [5.74, 6) is 1.30. The summed E-state index contributed by atoms with van der Waals surface area (Å²) in [5.41, 5.74) is 1.03. The number of carbonyl (C=O) groups is 1. The second-order valence-corrected chi connectivity index (χ2v) is 7.16. The van der Waals surface area contributed by atoms with E-state index in [1.807, 2.05) is 23.3 Å². The molecule has 4 rings (SSSR count). The number of hydrogen-bond acceptors (Lipinski definition) is 6. The number of rotatable bonds is 2. The van der Waals surface area contributed by atoms with E-state index >= 15 is 0 Å². The Labute approximate surface area is 138 Å². The molecule has 23 heavy (non-hydrogen) atoms. The first kappa shape index (κ1) is 14.8. The summed E-state index contributed by atoms with van der Waals surface area (Å²) in [4.78, 5) is 15.8. The first-order chi connectivity index (χ1) is 11.1. The summed E-state index contributed by atoms with van der Waals surface area (Å²) < 4.78 is 11.5. The average Bonchev–Trinajstić information content (AvgIpc) is 3.25. The van der Waals surface area contributed by atoms with Gasteiger partial charge in [-0.2, -0.15) is 0 Å². The molecule has 6 nitrogen and oxygen atoms in total. The maximum Gasteiger partial charge on any atom is 0.264 e. The van der Waals surface area contributed by atoms with Crippen LogP contribution >= 0.6 is 11.3 Å². The maximum atomic E-state index is 13.0. The molecule has 0 aliphatic carbocycles. The van der Waals surface area contributed by atoms with E-state index < -0.39 is 0 Å². The van der Waals surface area contributed by atoms with Crippen LogP contribution in [0.4, 0.5) is 0 Å². The van der Waals surface area contributed by atoms with Gasteiger partial charge in [0.15, 0.2) is 0 Å². The average molecular weight is 333 g/mol. The number of aromatic nitrogens is 2. The highest BCUT2D eigenvalue weighted by Crippen LogP contribution is 2.37. The van der Waals surface area contributed by atoms with E-state index in [0.717, 1.165) is 23.3 Å². The van der Waals surface area contributed by atoms with E-state index in [2.05, 4.69) is 10.2 Å². The Kier molecular flexibility index (Phi) is 3.69. The molecule has 4 heterocycles. The Morgan fingerprint density at radius 3 is 2.96 bits per heavy atom. The van der Waals surface area contributed by atoms with Gasteiger partial charge in [0.05, 0.1) is 22.9 Å². The van der Waals surface area contributed by atoms with E-state index in [-0.39, 0.29) is 24.0 Å². The zero-order valence-electron chi connectivity index (χ0n) is 13.2. The Hall–Kier alpha value is -1.73. The largest absolute Gasteiger partial charge is 0.425 e. The Morgan fingerprint density at radius 1 is 1.39 bits per heavy atom. The fourth-order valence-electron chi connectivity index (χ4n) is 3.56. The lowest BCUT2D eigenvalue weighted by Gasteiger charge is -2.39. The third-order valence-electron chi connectivity index (χ3n) is 4.72. The molecule has 0 radical (unpaired) electrons. The molecule has 2 fully saturated rings. The molecular formula is C16H19N3O3S. The maximum absolute atomic E-state index is 13.0. The first-order valence-corrected chi connectivity index (χ1v) is 8.78. The molecule has 3 atom stereocenters. The van der Waals surface area contributed by atoms with Crippen LogP contribution in [-0.4, -0.2) is 46.3 Å². The fourth-order valence-corrected chi connectivity index (χ4v) is 4.44. The topological polar surface area (TPSA) is 68.5 Å². The lowest BCUT2D eigenvalue weighted by Crippen LogP contribution is -2.51. The van der Waals surface area contributed by atoms with Crippen LogP contribution in [0, 0.1) is 13.8 Å². The minimum atomic E-state index is 0.0415. The molecule has 0 N–H and O–H groups in total. The van der Waals surface area contributed by atoms with Gasteiger partial charge in [-0.25, -0.2) is 0 Å². The summed E-state index contributed by atoms with van der Waals surface area (Å²) in [7, 11) is 0. The second-order valence-electron chi connectivity index (χ2n) is 6.25. The predicted octanol–water partition coefficient (Wildman–Crippen LogP) is 2.54. The monoisotopic (exact) mass is 333 g/mol. The number of likely N-dealkylation sites (tertiary alicyclic amines) is 1. The summed E-state index contributed by atoms with van der Waals surface area (Å²) in [5, 5.41) is 10.0. The number of nitrogens with zero attached hydrogens (tertiary/aromatic N) is 3. The summed E-state index contributed by atoms with van der Waals surface area (Å²) in [6.07, 6.45) is 1.79.